The van der Waals surface area contributed by atoms with E-state index in [1.165, 1.54) is 5.69 Å². The van der Waals surface area contributed by atoms with Crippen molar-refractivity contribution in [1.82, 2.24) is 14.5 Å². The van der Waals surface area contributed by atoms with Gasteiger partial charge in [-0.05, 0) is 55.5 Å². The van der Waals surface area contributed by atoms with Crippen molar-refractivity contribution in [1.29, 1.82) is 0 Å². The van der Waals surface area contributed by atoms with E-state index >= 15 is 0 Å². The molecule has 7 nitrogen and oxygen atoms in total. The number of piperazine rings is 1. The van der Waals surface area contributed by atoms with Gasteiger partial charge >= 0.3 is 0 Å². The fraction of sp³-hybridized carbons (Fsp3) is 0.286. The maximum absolute atomic E-state index is 13.0. The Balaban J connectivity index is 1.15. The number of hydrogen-bond donors (Lipinski definition) is 1. The molecule has 5 rings (SSSR count). The molecule has 1 unspecified atom stereocenters. The van der Waals surface area contributed by atoms with Crippen LogP contribution in [0.5, 0.6) is 5.75 Å². The van der Waals surface area contributed by atoms with Crippen LogP contribution in [-0.4, -0.2) is 65.0 Å². The predicted octanol–water partition coefficient (Wildman–Crippen LogP) is 3.26. The molecule has 0 radical (unpaired) electrons. The predicted molar refractivity (Wildman–Crippen MR) is 139 cm³/mol. The number of para-hydroxylation sites is 2. The van der Waals surface area contributed by atoms with Gasteiger partial charge in [-0.15, -0.1) is 0 Å². The van der Waals surface area contributed by atoms with Crippen molar-refractivity contribution in [3.8, 4) is 11.4 Å². The second-order valence-electron chi connectivity index (χ2n) is 8.90. The van der Waals surface area contributed by atoms with Gasteiger partial charge in [0.1, 0.15) is 24.3 Å². The van der Waals surface area contributed by atoms with Crippen LogP contribution in [0.2, 0.25) is 0 Å². The number of hydrogen-bond acceptors (Lipinski definition) is 6. The van der Waals surface area contributed by atoms with Crippen molar-refractivity contribution in [3.63, 3.8) is 0 Å². The number of rotatable bonds is 7. The number of aryl methyl sites for hydroxylation is 1. The molecule has 0 bridgehead atoms. The van der Waals surface area contributed by atoms with Crippen LogP contribution in [0.1, 0.15) is 5.82 Å². The molecule has 1 aliphatic heterocycles. The van der Waals surface area contributed by atoms with Crippen molar-refractivity contribution in [2.75, 3.05) is 44.2 Å². The van der Waals surface area contributed by atoms with Crippen LogP contribution in [0.4, 0.5) is 5.69 Å². The number of aliphatic hydroxyl groups is 1. The van der Waals surface area contributed by atoms with Crippen LogP contribution in [0, 0.1) is 6.92 Å². The zero-order valence-corrected chi connectivity index (χ0v) is 19.9. The molecule has 1 fully saturated rings. The second kappa shape index (κ2) is 10.3. The Morgan fingerprint density at radius 3 is 2.31 bits per heavy atom. The fourth-order valence-corrected chi connectivity index (χ4v) is 4.61. The largest absolute Gasteiger partial charge is 0.491 e. The average Bonchev–Trinajstić information content (AvgIpc) is 2.89. The maximum atomic E-state index is 13.0. The van der Waals surface area contributed by atoms with E-state index < -0.39 is 6.10 Å². The summed E-state index contributed by atoms with van der Waals surface area (Å²) in [6.45, 7) is 6.34. The quantitative estimate of drug-likeness (QED) is 0.447. The van der Waals surface area contributed by atoms with Crippen LogP contribution in [0.15, 0.2) is 83.7 Å². The number of fused-ring (bicyclic) bond motifs is 1. The third-order valence-electron chi connectivity index (χ3n) is 6.44. The van der Waals surface area contributed by atoms with Gasteiger partial charge in [0.2, 0.25) is 0 Å². The molecule has 2 heterocycles. The second-order valence-corrected chi connectivity index (χ2v) is 8.90. The summed E-state index contributed by atoms with van der Waals surface area (Å²) in [4.78, 5) is 22.2. The molecule has 4 aromatic rings. The Morgan fingerprint density at radius 2 is 1.57 bits per heavy atom. The van der Waals surface area contributed by atoms with Crippen LogP contribution >= 0.6 is 0 Å². The molecular weight excluding hydrogens is 440 g/mol. The van der Waals surface area contributed by atoms with Gasteiger partial charge in [-0.1, -0.05) is 30.3 Å². The molecule has 1 aliphatic rings. The molecule has 1 N–H and O–H groups in total. The number of nitrogens with zero attached hydrogens (tertiary/aromatic N) is 4. The highest BCUT2D eigenvalue weighted by molar-refractivity contribution is 5.77. The van der Waals surface area contributed by atoms with Crippen molar-refractivity contribution in [3.05, 3.63) is 95.0 Å². The number of β-amino-alcohol motifs (C(OH)–C–C–N with tert-alkyl or cyclic N) is 1. The highest BCUT2D eigenvalue weighted by atomic mass is 16.5. The smallest absolute Gasteiger partial charge is 0.265 e. The van der Waals surface area contributed by atoms with Gasteiger partial charge in [-0.2, -0.15) is 0 Å². The molecule has 1 aromatic heterocycles. The minimum atomic E-state index is -0.576. The summed E-state index contributed by atoms with van der Waals surface area (Å²) in [5, 5.41) is 11.1. The van der Waals surface area contributed by atoms with E-state index in [2.05, 4.69) is 39.0 Å². The highest BCUT2D eigenvalue weighted by Gasteiger charge is 2.19. The summed E-state index contributed by atoms with van der Waals surface area (Å²) in [7, 11) is 0. The van der Waals surface area contributed by atoms with E-state index in [-0.39, 0.29) is 12.2 Å². The van der Waals surface area contributed by atoms with Crippen molar-refractivity contribution >= 4 is 16.6 Å². The minimum absolute atomic E-state index is 0.0930. The van der Waals surface area contributed by atoms with Crippen molar-refractivity contribution in [2.45, 2.75) is 13.0 Å². The molecule has 35 heavy (non-hydrogen) atoms. The van der Waals surface area contributed by atoms with E-state index in [0.717, 1.165) is 31.9 Å². The molecular formula is C28H30N4O3. The van der Waals surface area contributed by atoms with Gasteiger partial charge in [0.05, 0.1) is 16.6 Å². The molecule has 180 valence electrons. The molecule has 1 atom stereocenters. The summed E-state index contributed by atoms with van der Waals surface area (Å²) >= 11 is 0. The molecule has 7 heteroatoms. The first-order valence-corrected chi connectivity index (χ1v) is 12.0. The summed E-state index contributed by atoms with van der Waals surface area (Å²) in [6.07, 6.45) is -0.576. The van der Waals surface area contributed by atoms with Gasteiger partial charge in [-0.25, -0.2) is 4.98 Å². The SMILES string of the molecule is Cc1nc2ccccc2c(=O)n1-c1ccc(OCC(O)CN2CCN(c3ccccc3)CC2)cc1. The minimum Gasteiger partial charge on any atom is -0.491 e. The normalized spacial score (nSPS) is 15.3. The highest BCUT2D eigenvalue weighted by Crippen LogP contribution is 2.18. The summed E-state index contributed by atoms with van der Waals surface area (Å²) in [5.41, 5.74) is 2.58. The number of ether oxygens (including phenoxy) is 1. The molecule has 3 aromatic carbocycles. The van der Waals surface area contributed by atoms with Gasteiger partial charge in [0, 0.05) is 38.4 Å². The van der Waals surface area contributed by atoms with Crippen molar-refractivity contribution in [2.24, 2.45) is 0 Å². The van der Waals surface area contributed by atoms with E-state index in [1.807, 2.05) is 55.5 Å². The average molecular weight is 471 g/mol. The van der Waals surface area contributed by atoms with E-state index in [0.29, 0.717) is 29.0 Å². The van der Waals surface area contributed by atoms with Gasteiger partial charge < -0.3 is 14.7 Å². The first-order valence-electron chi connectivity index (χ1n) is 12.0. The summed E-state index contributed by atoms with van der Waals surface area (Å²) in [5.74, 6) is 1.28. The third-order valence-corrected chi connectivity index (χ3v) is 6.44. The van der Waals surface area contributed by atoms with E-state index in [9.17, 15) is 9.90 Å². The Hall–Kier alpha value is -3.68. The fourth-order valence-electron chi connectivity index (χ4n) is 4.61. The lowest BCUT2D eigenvalue weighted by Gasteiger charge is -2.36. The molecule has 0 amide bonds. The Labute approximate surface area is 204 Å². The molecule has 0 spiro atoms. The Morgan fingerprint density at radius 1 is 0.886 bits per heavy atom. The number of benzene rings is 3. The topological polar surface area (TPSA) is 70.8 Å². The maximum Gasteiger partial charge on any atom is 0.265 e. The van der Waals surface area contributed by atoms with Crippen LogP contribution < -0.4 is 15.2 Å². The standard InChI is InChI=1S/C28H30N4O3/c1-21-29-27-10-6-5-9-26(27)28(34)32(21)23-11-13-25(14-12-23)35-20-24(33)19-30-15-17-31(18-16-30)22-7-3-2-4-8-22/h2-14,24,33H,15-20H2,1H3. The van der Waals surface area contributed by atoms with E-state index in [4.69, 9.17) is 4.74 Å². The zero-order valence-electron chi connectivity index (χ0n) is 19.9. The monoisotopic (exact) mass is 470 g/mol. The van der Waals surface area contributed by atoms with Crippen LogP contribution in [0.3, 0.4) is 0 Å². The molecule has 0 saturated carbocycles. The van der Waals surface area contributed by atoms with Gasteiger partial charge in [0.15, 0.2) is 0 Å². The lowest BCUT2D eigenvalue weighted by Crippen LogP contribution is -2.49. The molecule has 0 aliphatic carbocycles. The van der Waals surface area contributed by atoms with E-state index in [1.54, 1.807) is 10.6 Å². The Bertz CT molecular complexity index is 1330. The number of aromatic nitrogens is 2. The Kier molecular flexibility index (Phi) is 6.79. The van der Waals surface area contributed by atoms with Gasteiger partial charge in [-0.3, -0.25) is 14.3 Å². The first-order chi connectivity index (χ1) is 17.1. The van der Waals surface area contributed by atoms with Crippen LogP contribution in [0.25, 0.3) is 16.6 Å². The lowest BCUT2D eigenvalue weighted by atomic mass is 10.2. The molecule has 1 saturated heterocycles. The summed E-state index contributed by atoms with van der Waals surface area (Å²) < 4.78 is 7.44. The lowest BCUT2D eigenvalue weighted by molar-refractivity contribution is 0.0663. The van der Waals surface area contributed by atoms with Gasteiger partial charge in [0.25, 0.3) is 5.56 Å². The van der Waals surface area contributed by atoms with Crippen LogP contribution in [-0.2, 0) is 0 Å². The zero-order chi connectivity index (χ0) is 24.2. The third kappa shape index (κ3) is 5.21. The first kappa shape index (κ1) is 23.1. The van der Waals surface area contributed by atoms with Crippen molar-refractivity contribution < 1.29 is 9.84 Å². The summed E-state index contributed by atoms with van der Waals surface area (Å²) in [6, 6.07) is 25.1. The number of aliphatic hydroxyl groups excluding tert-OH is 1. The number of anilines is 1.